The number of nitro groups is 1. The van der Waals surface area contributed by atoms with Gasteiger partial charge in [0, 0.05) is 11.8 Å². The number of para-hydroxylation sites is 1. The molecule has 2 aromatic rings. The number of rotatable bonds is 4. The van der Waals surface area contributed by atoms with Gasteiger partial charge in [-0.1, -0.05) is 24.3 Å². The lowest BCUT2D eigenvalue weighted by Gasteiger charge is -2.15. The van der Waals surface area contributed by atoms with E-state index in [0.717, 1.165) is 18.0 Å². The minimum Gasteiger partial charge on any atom is -0.872 e. The molecular weight excluding hydrogens is 320 g/mol. The molecule has 2 rings (SSSR count). The average molecular weight is 330 g/mol. The van der Waals surface area contributed by atoms with Crippen LogP contribution in [0.15, 0.2) is 47.6 Å². The maximum absolute atomic E-state index is 11.6. The molecule has 0 fully saturated rings. The largest absolute Gasteiger partial charge is 0.872 e. The Morgan fingerprint density at radius 2 is 1.87 bits per heavy atom. The quantitative estimate of drug-likeness (QED) is 0.371. The molecule has 0 radical (unpaired) electrons. The lowest BCUT2D eigenvalue weighted by atomic mass is 10.2. The van der Waals surface area contributed by atoms with Crippen molar-refractivity contribution in [2.24, 2.45) is 5.10 Å². The molecule has 2 aromatic carbocycles. The van der Waals surface area contributed by atoms with Gasteiger partial charge in [0.05, 0.1) is 11.1 Å². The predicted octanol–water partition coefficient (Wildman–Crippen LogP) is 1.06. The Hall–Kier alpha value is -3.20. The second-order valence-corrected chi connectivity index (χ2v) is 4.71. The Morgan fingerprint density at radius 3 is 2.52 bits per heavy atom. The van der Waals surface area contributed by atoms with E-state index < -0.39 is 22.1 Å². The van der Waals surface area contributed by atoms with Crippen molar-refractivity contribution in [3.63, 3.8) is 0 Å². The third kappa shape index (κ3) is 4.38. The summed E-state index contributed by atoms with van der Waals surface area (Å²) < 4.78 is 0. The van der Waals surface area contributed by atoms with Crippen molar-refractivity contribution in [2.75, 3.05) is 5.32 Å². The van der Waals surface area contributed by atoms with Gasteiger partial charge in [-0.2, -0.15) is 5.10 Å². The van der Waals surface area contributed by atoms with E-state index in [9.17, 15) is 20.3 Å². The fourth-order valence-electron chi connectivity index (χ4n) is 1.65. The molecule has 0 amide bonds. The number of thiocarbonyl (C=S) groups is 1. The standard InChI is InChI=1S/C14H12N4O4S/c19-12-7-13(20)11(18(21)22)6-9(12)8-15-17-14(23)16-10-4-2-1-3-5-10/h1-8,19-20H,(H2,16,17,23)/p-2/b15-8+. The Labute approximate surface area is 136 Å². The second-order valence-electron chi connectivity index (χ2n) is 4.31. The molecular formula is C14H10N4O4S-2. The molecule has 0 atom stereocenters. The number of anilines is 1. The molecule has 9 heteroatoms. The third-order valence-electron chi connectivity index (χ3n) is 2.69. The number of nitrogens with one attached hydrogen (secondary N) is 2. The van der Waals surface area contributed by atoms with Gasteiger partial charge in [0.25, 0.3) is 5.69 Å². The first-order valence-electron chi connectivity index (χ1n) is 6.29. The zero-order valence-electron chi connectivity index (χ0n) is 11.6. The summed E-state index contributed by atoms with van der Waals surface area (Å²) in [5.41, 5.74) is 2.44. The van der Waals surface area contributed by atoms with Crippen LogP contribution in [0.2, 0.25) is 0 Å². The summed E-state index contributed by atoms with van der Waals surface area (Å²) in [6.45, 7) is 0. The number of hydrogen-bond donors (Lipinski definition) is 2. The molecule has 0 unspecified atom stereocenters. The van der Waals surface area contributed by atoms with E-state index in [1.807, 2.05) is 18.2 Å². The van der Waals surface area contributed by atoms with Gasteiger partial charge < -0.3 is 15.5 Å². The Kier molecular flexibility index (Phi) is 5.05. The summed E-state index contributed by atoms with van der Waals surface area (Å²) in [5.74, 6) is -1.60. The van der Waals surface area contributed by atoms with Crippen molar-refractivity contribution in [1.82, 2.24) is 5.43 Å². The molecule has 0 aliphatic heterocycles. The van der Waals surface area contributed by atoms with Gasteiger partial charge in [-0.25, -0.2) is 0 Å². The fraction of sp³-hybridized carbons (Fsp3) is 0. The lowest BCUT2D eigenvalue weighted by molar-refractivity contribution is -0.398. The normalized spacial score (nSPS) is 10.4. The molecule has 0 heterocycles. The van der Waals surface area contributed by atoms with Crippen LogP contribution in [0.25, 0.3) is 0 Å². The maximum Gasteiger partial charge on any atom is 0.262 e. The number of nitro benzene ring substituents is 1. The smallest absolute Gasteiger partial charge is 0.262 e. The zero-order chi connectivity index (χ0) is 16.8. The van der Waals surface area contributed by atoms with Crippen molar-refractivity contribution < 1.29 is 15.1 Å². The van der Waals surface area contributed by atoms with E-state index in [1.165, 1.54) is 0 Å². The third-order valence-corrected chi connectivity index (χ3v) is 2.88. The van der Waals surface area contributed by atoms with Crippen LogP contribution in [0.4, 0.5) is 11.4 Å². The first kappa shape index (κ1) is 16.2. The predicted molar refractivity (Wildman–Crippen MR) is 85.4 cm³/mol. The molecule has 0 bridgehead atoms. The van der Waals surface area contributed by atoms with Gasteiger partial charge in [-0.05, 0) is 35.7 Å². The molecule has 2 N–H and O–H groups in total. The second kappa shape index (κ2) is 7.18. The van der Waals surface area contributed by atoms with Gasteiger partial charge in [-0.15, -0.1) is 5.75 Å². The van der Waals surface area contributed by atoms with Crippen molar-refractivity contribution >= 4 is 34.9 Å². The highest BCUT2D eigenvalue weighted by molar-refractivity contribution is 7.80. The topological polar surface area (TPSA) is 126 Å². The van der Waals surface area contributed by atoms with Crippen LogP contribution < -0.4 is 21.0 Å². The molecule has 23 heavy (non-hydrogen) atoms. The van der Waals surface area contributed by atoms with Gasteiger partial charge in [-0.3, -0.25) is 15.5 Å². The number of nitrogens with zero attached hydrogens (tertiary/aromatic N) is 2. The molecule has 0 aliphatic rings. The van der Waals surface area contributed by atoms with E-state index in [0.29, 0.717) is 6.07 Å². The average Bonchev–Trinajstić information content (AvgIpc) is 2.50. The monoisotopic (exact) mass is 330 g/mol. The van der Waals surface area contributed by atoms with E-state index in [2.05, 4.69) is 15.8 Å². The van der Waals surface area contributed by atoms with Crippen LogP contribution in [-0.2, 0) is 0 Å². The molecule has 118 valence electrons. The summed E-state index contributed by atoms with van der Waals surface area (Å²) in [7, 11) is 0. The van der Waals surface area contributed by atoms with Gasteiger partial charge >= 0.3 is 0 Å². The summed E-state index contributed by atoms with van der Waals surface area (Å²) >= 11 is 5.00. The van der Waals surface area contributed by atoms with Crippen LogP contribution >= 0.6 is 12.2 Å². The van der Waals surface area contributed by atoms with E-state index in [-0.39, 0.29) is 10.7 Å². The van der Waals surface area contributed by atoms with E-state index >= 15 is 0 Å². The summed E-state index contributed by atoms with van der Waals surface area (Å²) in [6.07, 6.45) is 1.06. The molecule has 0 saturated heterocycles. The molecule has 0 aliphatic carbocycles. The Bertz CT molecular complexity index is 765. The Morgan fingerprint density at radius 1 is 1.17 bits per heavy atom. The van der Waals surface area contributed by atoms with E-state index in [4.69, 9.17) is 12.2 Å². The van der Waals surface area contributed by atoms with Gasteiger partial charge in [0.15, 0.2) is 5.11 Å². The highest BCUT2D eigenvalue weighted by Gasteiger charge is 2.08. The van der Waals surface area contributed by atoms with Crippen molar-refractivity contribution in [3.8, 4) is 11.5 Å². The maximum atomic E-state index is 11.6. The van der Waals surface area contributed by atoms with Crippen LogP contribution in [0.1, 0.15) is 5.56 Å². The summed E-state index contributed by atoms with van der Waals surface area (Å²) in [4.78, 5) is 9.83. The Balaban J connectivity index is 2.04. The first-order valence-corrected chi connectivity index (χ1v) is 6.70. The highest BCUT2D eigenvalue weighted by atomic mass is 32.1. The van der Waals surface area contributed by atoms with Gasteiger partial charge in [0.2, 0.25) is 0 Å². The number of hydrogen-bond acceptors (Lipinski definition) is 6. The minimum absolute atomic E-state index is 0.0914. The van der Waals surface area contributed by atoms with Gasteiger partial charge in [0.1, 0.15) is 0 Å². The molecule has 0 saturated carbocycles. The summed E-state index contributed by atoms with van der Waals surface area (Å²) in [5, 5.41) is 40.3. The van der Waals surface area contributed by atoms with Crippen LogP contribution in [0.3, 0.4) is 0 Å². The SMILES string of the molecule is O=[N+]([O-])c1cc(/C=N/NC(=S)Nc2ccccc2)c([O-])cc1[O-]. The number of benzene rings is 2. The van der Waals surface area contributed by atoms with Crippen molar-refractivity contribution in [2.45, 2.75) is 0 Å². The van der Waals surface area contributed by atoms with Crippen molar-refractivity contribution in [3.05, 3.63) is 58.1 Å². The van der Waals surface area contributed by atoms with Crippen molar-refractivity contribution in [1.29, 1.82) is 0 Å². The zero-order valence-corrected chi connectivity index (χ0v) is 12.4. The molecule has 8 nitrogen and oxygen atoms in total. The molecule has 0 aromatic heterocycles. The lowest BCUT2D eigenvalue weighted by Crippen LogP contribution is -2.23. The van der Waals surface area contributed by atoms with Crippen LogP contribution in [0.5, 0.6) is 11.5 Å². The highest BCUT2D eigenvalue weighted by Crippen LogP contribution is 2.28. The van der Waals surface area contributed by atoms with Crippen LogP contribution in [-0.4, -0.2) is 16.3 Å². The minimum atomic E-state index is -0.939. The first-order chi connectivity index (χ1) is 11.0. The fourth-order valence-corrected chi connectivity index (χ4v) is 1.82. The van der Waals surface area contributed by atoms with Crippen LogP contribution in [0, 0.1) is 10.1 Å². The van der Waals surface area contributed by atoms with E-state index in [1.54, 1.807) is 12.1 Å². The summed E-state index contributed by atoms with van der Waals surface area (Å²) in [6, 6.07) is 10.6. The number of hydrazone groups is 1. The molecule has 0 spiro atoms.